The van der Waals surface area contributed by atoms with Crippen LogP contribution in [0.5, 0.6) is 0 Å². The lowest BCUT2D eigenvalue weighted by Crippen LogP contribution is -2.15. The van der Waals surface area contributed by atoms with E-state index in [1.165, 1.54) is 24.2 Å². The Bertz CT molecular complexity index is 276. The Morgan fingerprint density at radius 1 is 1.27 bits per heavy atom. The summed E-state index contributed by atoms with van der Waals surface area (Å²) in [6.07, 6.45) is 4.68. The van der Waals surface area contributed by atoms with Gasteiger partial charge in [-0.1, -0.05) is 18.2 Å². The van der Waals surface area contributed by atoms with Gasteiger partial charge in [-0.2, -0.15) is 11.8 Å². The van der Waals surface area contributed by atoms with Gasteiger partial charge >= 0.3 is 0 Å². The van der Waals surface area contributed by atoms with Gasteiger partial charge in [-0.05, 0) is 43.0 Å². The van der Waals surface area contributed by atoms with Gasteiger partial charge in [-0.25, -0.2) is 0 Å². The summed E-state index contributed by atoms with van der Waals surface area (Å²) >= 11 is 1.91. The van der Waals surface area contributed by atoms with Crippen molar-refractivity contribution in [1.82, 2.24) is 5.32 Å². The highest BCUT2D eigenvalue weighted by Crippen LogP contribution is 2.09. The number of hydrogen-bond acceptors (Lipinski definition) is 3. The molecule has 0 heterocycles. The van der Waals surface area contributed by atoms with Crippen LogP contribution in [0.3, 0.4) is 0 Å². The van der Waals surface area contributed by atoms with E-state index in [0.29, 0.717) is 0 Å². The molecule has 0 saturated heterocycles. The van der Waals surface area contributed by atoms with E-state index < -0.39 is 0 Å². The quantitative estimate of drug-likeness (QED) is 0.552. The molecular weight excluding hydrogens is 204 g/mol. The summed E-state index contributed by atoms with van der Waals surface area (Å²) in [6.45, 7) is 1.96. The molecule has 1 rings (SSSR count). The molecule has 0 spiro atoms. The summed E-state index contributed by atoms with van der Waals surface area (Å²) in [4.78, 5) is 0. The predicted octanol–water partition coefficient (Wildman–Crippen LogP) is 2.50. The van der Waals surface area contributed by atoms with Gasteiger partial charge in [0.15, 0.2) is 0 Å². The van der Waals surface area contributed by atoms with Gasteiger partial charge < -0.3 is 11.1 Å². The van der Waals surface area contributed by atoms with Crippen molar-refractivity contribution in [1.29, 1.82) is 0 Å². The van der Waals surface area contributed by atoms with Gasteiger partial charge in [0.1, 0.15) is 0 Å². The Balaban J connectivity index is 2.12. The fourth-order valence-corrected chi connectivity index (χ4v) is 1.91. The van der Waals surface area contributed by atoms with Crippen molar-refractivity contribution in [3.63, 3.8) is 0 Å². The Kier molecular flexibility index (Phi) is 6.28. The molecule has 84 valence electrons. The van der Waals surface area contributed by atoms with E-state index in [1.807, 2.05) is 30.0 Å². The second-order valence-electron chi connectivity index (χ2n) is 3.58. The first-order chi connectivity index (χ1) is 7.34. The van der Waals surface area contributed by atoms with Gasteiger partial charge in [-0.3, -0.25) is 0 Å². The first-order valence-electron chi connectivity index (χ1n) is 5.37. The van der Waals surface area contributed by atoms with Crippen LogP contribution in [0.15, 0.2) is 24.3 Å². The van der Waals surface area contributed by atoms with Crippen LogP contribution >= 0.6 is 11.8 Å². The number of benzene rings is 1. The van der Waals surface area contributed by atoms with Gasteiger partial charge in [-0.15, -0.1) is 0 Å². The molecule has 1 aromatic rings. The van der Waals surface area contributed by atoms with Crippen molar-refractivity contribution in [3.8, 4) is 0 Å². The summed E-state index contributed by atoms with van der Waals surface area (Å²) in [7, 11) is 0. The lowest BCUT2D eigenvalue weighted by Gasteiger charge is -2.06. The highest BCUT2D eigenvalue weighted by molar-refractivity contribution is 7.98. The topological polar surface area (TPSA) is 38.0 Å². The summed E-state index contributed by atoms with van der Waals surface area (Å²) in [6, 6.07) is 8.02. The largest absolute Gasteiger partial charge is 0.398 e. The first-order valence-corrected chi connectivity index (χ1v) is 6.77. The molecule has 0 radical (unpaired) electrons. The van der Waals surface area contributed by atoms with E-state index in [9.17, 15) is 0 Å². The van der Waals surface area contributed by atoms with Crippen LogP contribution in [0.2, 0.25) is 0 Å². The van der Waals surface area contributed by atoms with Crippen LogP contribution < -0.4 is 11.1 Å². The highest BCUT2D eigenvalue weighted by Gasteiger charge is 1.96. The summed E-state index contributed by atoms with van der Waals surface area (Å²) in [5, 5.41) is 3.41. The molecule has 0 unspecified atom stereocenters. The molecule has 0 aliphatic carbocycles. The van der Waals surface area contributed by atoms with Crippen LogP contribution in [-0.4, -0.2) is 18.6 Å². The van der Waals surface area contributed by atoms with E-state index in [-0.39, 0.29) is 0 Å². The van der Waals surface area contributed by atoms with Crippen molar-refractivity contribution < 1.29 is 0 Å². The Morgan fingerprint density at radius 2 is 2.07 bits per heavy atom. The fraction of sp³-hybridized carbons (Fsp3) is 0.500. The van der Waals surface area contributed by atoms with Crippen LogP contribution in [0, 0.1) is 0 Å². The third-order valence-corrected chi connectivity index (χ3v) is 3.02. The zero-order valence-electron chi connectivity index (χ0n) is 9.33. The average molecular weight is 224 g/mol. The van der Waals surface area contributed by atoms with E-state index in [1.54, 1.807) is 0 Å². The molecule has 0 fully saturated rings. The number of hydrogen-bond donors (Lipinski definition) is 2. The third kappa shape index (κ3) is 5.09. The lowest BCUT2D eigenvalue weighted by atomic mass is 10.2. The summed E-state index contributed by atoms with van der Waals surface area (Å²) in [5.74, 6) is 1.26. The first kappa shape index (κ1) is 12.4. The van der Waals surface area contributed by atoms with Crippen LogP contribution in [-0.2, 0) is 6.54 Å². The molecular formula is C12H20N2S. The average Bonchev–Trinajstić information content (AvgIpc) is 2.25. The molecule has 0 aromatic heterocycles. The van der Waals surface area contributed by atoms with Crippen LogP contribution in [0.4, 0.5) is 5.69 Å². The van der Waals surface area contributed by atoms with Gasteiger partial charge in [0, 0.05) is 12.2 Å². The van der Waals surface area contributed by atoms with Crippen LogP contribution in [0.1, 0.15) is 18.4 Å². The van der Waals surface area contributed by atoms with Gasteiger partial charge in [0.05, 0.1) is 0 Å². The molecule has 2 nitrogen and oxygen atoms in total. The van der Waals surface area contributed by atoms with Crippen molar-refractivity contribution in [3.05, 3.63) is 29.8 Å². The molecule has 0 atom stereocenters. The molecule has 0 saturated carbocycles. The van der Waals surface area contributed by atoms with E-state index in [2.05, 4.69) is 17.6 Å². The minimum absolute atomic E-state index is 0.881. The summed E-state index contributed by atoms with van der Waals surface area (Å²) in [5.41, 5.74) is 7.92. The number of nitrogen functional groups attached to an aromatic ring is 1. The lowest BCUT2D eigenvalue weighted by molar-refractivity contribution is 0.645. The number of nitrogens with two attached hydrogens (primary N) is 1. The van der Waals surface area contributed by atoms with Crippen molar-refractivity contribution in [2.45, 2.75) is 19.4 Å². The van der Waals surface area contributed by atoms with Crippen molar-refractivity contribution >= 4 is 17.4 Å². The minimum atomic E-state index is 0.881. The van der Waals surface area contributed by atoms with E-state index in [0.717, 1.165) is 18.8 Å². The SMILES string of the molecule is CSCCCCNCc1ccccc1N. The van der Waals surface area contributed by atoms with Gasteiger partial charge in [0.25, 0.3) is 0 Å². The van der Waals surface area contributed by atoms with Crippen molar-refractivity contribution in [2.24, 2.45) is 0 Å². The smallest absolute Gasteiger partial charge is 0.0359 e. The van der Waals surface area contributed by atoms with Crippen molar-refractivity contribution in [2.75, 3.05) is 24.3 Å². The molecule has 3 heteroatoms. The maximum absolute atomic E-state index is 5.84. The van der Waals surface area contributed by atoms with E-state index >= 15 is 0 Å². The second kappa shape index (κ2) is 7.60. The molecule has 0 aliphatic heterocycles. The monoisotopic (exact) mass is 224 g/mol. The second-order valence-corrected chi connectivity index (χ2v) is 4.56. The standard InChI is InChI=1S/C12H20N2S/c1-15-9-5-4-8-14-10-11-6-2-3-7-12(11)13/h2-3,6-7,14H,4-5,8-10,13H2,1H3. The Morgan fingerprint density at radius 3 is 2.80 bits per heavy atom. The highest BCUT2D eigenvalue weighted by atomic mass is 32.2. The molecule has 0 bridgehead atoms. The maximum Gasteiger partial charge on any atom is 0.0359 e. The number of anilines is 1. The zero-order chi connectivity index (χ0) is 10.9. The van der Waals surface area contributed by atoms with Crippen LogP contribution in [0.25, 0.3) is 0 Å². The molecule has 1 aromatic carbocycles. The minimum Gasteiger partial charge on any atom is -0.398 e. The molecule has 15 heavy (non-hydrogen) atoms. The summed E-state index contributed by atoms with van der Waals surface area (Å²) < 4.78 is 0. The zero-order valence-corrected chi connectivity index (χ0v) is 10.1. The maximum atomic E-state index is 5.84. The van der Waals surface area contributed by atoms with Gasteiger partial charge in [0.2, 0.25) is 0 Å². The fourth-order valence-electron chi connectivity index (χ4n) is 1.41. The Hall–Kier alpha value is -0.670. The number of para-hydroxylation sites is 1. The number of thioether (sulfide) groups is 1. The predicted molar refractivity (Wildman–Crippen MR) is 70.2 cm³/mol. The number of nitrogens with one attached hydrogen (secondary N) is 1. The normalized spacial score (nSPS) is 10.5. The molecule has 0 amide bonds. The molecule has 3 N–H and O–H groups in total. The number of rotatable bonds is 7. The Labute approximate surface area is 96.6 Å². The van der Waals surface area contributed by atoms with E-state index in [4.69, 9.17) is 5.73 Å². The number of unbranched alkanes of at least 4 members (excludes halogenated alkanes) is 1. The molecule has 0 aliphatic rings. The third-order valence-electron chi connectivity index (χ3n) is 2.32.